The Balaban J connectivity index is 2.07. The number of aromatic nitrogens is 2. The molecule has 2 rings (SSSR count). The van der Waals surface area contributed by atoms with E-state index >= 15 is 0 Å². The van der Waals surface area contributed by atoms with E-state index in [1.807, 2.05) is 24.6 Å². The first-order valence-corrected chi connectivity index (χ1v) is 9.81. The molecule has 0 saturated carbocycles. The Labute approximate surface area is 143 Å². The number of imidazole rings is 1. The lowest BCUT2D eigenvalue weighted by Gasteiger charge is -2.32. The third kappa shape index (κ3) is 4.34. The number of fused-ring (bicyclic) bond motifs is 1. The Hall–Kier alpha value is -1.45. The van der Waals surface area contributed by atoms with Crippen LogP contribution >= 0.6 is 0 Å². The zero-order chi connectivity index (χ0) is 17.7. The summed E-state index contributed by atoms with van der Waals surface area (Å²) < 4.78 is 33.0. The molecule has 1 aromatic heterocycles. The number of hydrogen-bond acceptors (Lipinski definition) is 5. The van der Waals surface area contributed by atoms with Crippen molar-refractivity contribution in [2.24, 2.45) is 0 Å². The number of methoxy groups -OCH3 is 1. The van der Waals surface area contributed by atoms with Gasteiger partial charge in [0.2, 0.25) is 15.9 Å². The first-order chi connectivity index (χ1) is 11.4. The van der Waals surface area contributed by atoms with Crippen LogP contribution in [0.15, 0.2) is 6.20 Å². The molecule has 1 aliphatic heterocycles. The molecule has 1 unspecified atom stereocenters. The number of hydrogen-bond donors (Lipinski definition) is 1. The van der Waals surface area contributed by atoms with Crippen LogP contribution in [0.2, 0.25) is 0 Å². The molecule has 0 saturated heterocycles. The van der Waals surface area contributed by atoms with Crippen LogP contribution in [0.25, 0.3) is 0 Å². The fourth-order valence-corrected chi connectivity index (χ4v) is 4.57. The van der Waals surface area contributed by atoms with Gasteiger partial charge in [0, 0.05) is 32.9 Å². The van der Waals surface area contributed by atoms with Crippen molar-refractivity contribution in [3.63, 3.8) is 0 Å². The summed E-state index contributed by atoms with van der Waals surface area (Å²) in [6.45, 7) is 5.61. The molecule has 0 aliphatic carbocycles. The van der Waals surface area contributed by atoms with E-state index in [1.165, 1.54) is 4.31 Å². The standard InChI is InChI=1S/C15H26N4O4S/c1-4-9-24(21,22)19-7-6-18-11-13(17-15(18)12(19)2)10-14(20)16-5-8-23-3/h11-12H,4-10H2,1-3H3,(H,16,20). The summed E-state index contributed by atoms with van der Waals surface area (Å²) in [5, 5.41) is 2.75. The van der Waals surface area contributed by atoms with Gasteiger partial charge in [0.15, 0.2) is 0 Å². The number of amides is 1. The number of nitrogens with one attached hydrogen (secondary N) is 1. The molecule has 0 aromatic carbocycles. The third-order valence-electron chi connectivity index (χ3n) is 4.01. The number of rotatable bonds is 8. The number of ether oxygens (including phenoxy) is 1. The second kappa shape index (κ2) is 8.09. The predicted molar refractivity (Wildman–Crippen MR) is 90.0 cm³/mol. The highest BCUT2D eigenvalue weighted by Crippen LogP contribution is 2.27. The van der Waals surface area contributed by atoms with Gasteiger partial charge in [0.25, 0.3) is 0 Å². The zero-order valence-corrected chi connectivity index (χ0v) is 15.3. The molecule has 2 heterocycles. The largest absolute Gasteiger partial charge is 0.383 e. The smallest absolute Gasteiger partial charge is 0.226 e. The average Bonchev–Trinajstić information content (AvgIpc) is 2.91. The van der Waals surface area contributed by atoms with Gasteiger partial charge in [0.05, 0.1) is 30.5 Å². The van der Waals surface area contributed by atoms with Crippen molar-refractivity contribution in [1.82, 2.24) is 19.2 Å². The van der Waals surface area contributed by atoms with Gasteiger partial charge in [-0.15, -0.1) is 0 Å². The average molecular weight is 358 g/mol. The van der Waals surface area contributed by atoms with E-state index in [9.17, 15) is 13.2 Å². The van der Waals surface area contributed by atoms with Crippen molar-refractivity contribution in [1.29, 1.82) is 0 Å². The Morgan fingerprint density at radius 2 is 2.21 bits per heavy atom. The Morgan fingerprint density at radius 1 is 1.46 bits per heavy atom. The van der Waals surface area contributed by atoms with E-state index in [0.717, 1.165) is 0 Å². The van der Waals surface area contributed by atoms with Gasteiger partial charge in [-0.3, -0.25) is 4.79 Å². The summed E-state index contributed by atoms with van der Waals surface area (Å²) in [7, 11) is -1.69. The van der Waals surface area contributed by atoms with E-state index in [0.29, 0.717) is 44.2 Å². The quantitative estimate of drug-likeness (QED) is 0.675. The maximum atomic E-state index is 12.4. The van der Waals surface area contributed by atoms with Gasteiger partial charge in [-0.05, 0) is 13.3 Å². The molecule has 9 heteroatoms. The number of sulfonamides is 1. The lowest BCUT2D eigenvalue weighted by atomic mass is 10.2. The molecule has 1 atom stereocenters. The van der Waals surface area contributed by atoms with Crippen molar-refractivity contribution in [3.05, 3.63) is 17.7 Å². The molecular weight excluding hydrogens is 332 g/mol. The fourth-order valence-electron chi connectivity index (χ4n) is 2.89. The summed E-state index contributed by atoms with van der Waals surface area (Å²) in [5.41, 5.74) is 0.654. The summed E-state index contributed by atoms with van der Waals surface area (Å²) in [4.78, 5) is 16.4. The summed E-state index contributed by atoms with van der Waals surface area (Å²) in [6, 6.07) is -0.319. The van der Waals surface area contributed by atoms with Crippen molar-refractivity contribution in [3.8, 4) is 0 Å². The molecule has 1 aliphatic rings. The molecule has 0 radical (unpaired) electrons. The molecule has 136 valence electrons. The minimum atomic E-state index is -3.27. The Bertz CT molecular complexity index is 671. The van der Waals surface area contributed by atoms with Crippen LogP contribution in [-0.2, 0) is 32.5 Å². The molecule has 0 bridgehead atoms. The normalized spacial score (nSPS) is 18.4. The SMILES string of the molecule is CCCS(=O)(=O)N1CCn2cc(CC(=O)NCCOC)nc2C1C. The topological polar surface area (TPSA) is 93.5 Å². The summed E-state index contributed by atoms with van der Waals surface area (Å²) in [6.07, 6.45) is 2.61. The van der Waals surface area contributed by atoms with E-state index in [1.54, 1.807) is 7.11 Å². The lowest BCUT2D eigenvalue weighted by Crippen LogP contribution is -2.42. The fraction of sp³-hybridized carbons (Fsp3) is 0.733. The molecule has 1 amide bonds. The maximum Gasteiger partial charge on any atom is 0.226 e. The monoisotopic (exact) mass is 358 g/mol. The van der Waals surface area contributed by atoms with E-state index in [2.05, 4.69) is 10.3 Å². The lowest BCUT2D eigenvalue weighted by molar-refractivity contribution is -0.120. The highest BCUT2D eigenvalue weighted by molar-refractivity contribution is 7.89. The first-order valence-electron chi connectivity index (χ1n) is 8.20. The molecule has 1 aromatic rings. The molecule has 24 heavy (non-hydrogen) atoms. The molecule has 1 N–H and O–H groups in total. The van der Waals surface area contributed by atoms with Crippen LogP contribution in [0.4, 0.5) is 0 Å². The minimum absolute atomic E-state index is 0.120. The second-order valence-electron chi connectivity index (χ2n) is 5.91. The molecule has 8 nitrogen and oxygen atoms in total. The number of carbonyl (C=O) groups is 1. The van der Waals surface area contributed by atoms with Gasteiger partial charge < -0.3 is 14.6 Å². The molecule has 0 fully saturated rings. The van der Waals surface area contributed by atoms with Crippen molar-refractivity contribution in [2.45, 2.75) is 39.3 Å². The first kappa shape index (κ1) is 18.9. The van der Waals surface area contributed by atoms with Crippen LogP contribution in [0.3, 0.4) is 0 Å². The summed E-state index contributed by atoms with van der Waals surface area (Å²) >= 11 is 0. The van der Waals surface area contributed by atoms with Crippen LogP contribution in [0.5, 0.6) is 0 Å². The van der Waals surface area contributed by atoms with Gasteiger partial charge in [0.1, 0.15) is 5.82 Å². The van der Waals surface area contributed by atoms with Crippen molar-refractivity contribution in [2.75, 3.05) is 32.6 Å². The van der Waals surface area contributed by atoms with Gasteiger partial charge >= 0.3 is 0 Å². The van der Waals surface area contributed by atoms with Crippen molar-refractivity contribution >= 4 is 15.9 Å². The van der Waals surface area contributed by atoms with Crippen LogP contribution < -0.4 is 5.32 Å². The maximum absolute atomic E-state index is 12.4. The second-order valence-corrected chi connectivity index (χ2v) is 7.95. The summed E-state index contributed by atoms with van der Waals surface area (Å²) in [5.74, 6) is 0.721. The minimum Gasteiger partial charge on any atom is -0.383 e. The Kier molecular flexibility index (Phi) is 6.36. The number of carbonyl (C=O) groups excluding carboxylic acids is 1. The van der Waals surface area contributed by atoms with E-state index < -0.39 is 10.0 Å². The van der Waals surface area contributed by atoms with Crippen LogP contribution in [-0.4, -0.2) is 60.7 Å². The Morgan fingerprint density at radius 3 is 2.88 bits per heavy atom. The molecule has 0 spiro atoms. The highest BCUT2D eigenvalue weighted by Gasteiger charge is 2.33. The zero-order valence-electron chi connectivity index (χ0n) is 14.5. The van der Waals surface area contributed by atoms with Gasteiger partial charge in [-0.1, -0.05) is 6.92 Å². The third-order valence-corrected chi connectivity index (χ3v) is 6.15. The van der Waals surface area contributed by atoms with Crippen LogP contribution in [0, 0.1) is 0 Å². The highest BCUT2D eigenvalue weighted by atomic mass is 32.2. The van der Waals surface area contributed by atoms with Crippen molar-refractivity contribution < 1.29 is 17.9 Å². The van der Waals surface area contributed by atoms with Gasteiger partial charge in [-0.2, -0.15) is 4.31 Å². The number of nitrogens with zero attached hydrogens (tertiary/aromatic N) is 3. The molecular formula is C15H26N4O4S. The predicted octanol–water partition coefficient (Wildman–Crippen LogP) is 0.305. The van der Waals surface area contributed by atoms with Gasteiger partial charge in [-0.25, -0.2) is 13.4 Å². The van der Waals surface area contributed by atoms with E-state index in [-0.39, 0.29) is 24.1 Å². The van der Waals surface area contributed by atoms with E-state index in [4.69, 9.17) is 4.74 Å². The van der Waals surface area contributed by atoms with Crippen LogP contribution in [0.1, 0.15) is 37.8 Å².